The smallest absolute Gasteiger partial charge is 0.370 e. The van der Waals surface area contributed by atoms with Gasteiger partial charge in [0.25, 0.3) is 0 Å². The van der Waals surface area contributed by atoms with Crippen LogP contribution in [0.15, 0.2) is 48.5 Å². The van der Waals surface area contributed by atoms with Gasteiger partial charge in [-0.1, -0.05) is 30.3 Å². The molecule has 0 saturated carbocycles. The fourth-order valence-corrected chi connectivity index (χ4v) is 1.87. The van der Waals surface area contributed by atoms with Crippen LogP contribution in [0.25, 0.3) is 0 Å². The fraction of sp³-hybridized carbons (Fsp3) is 0.133. The SMILES string of the molecule is N#Cc1cc(NC(c2ccccc2)C(F)(F)F)ccc1F. The van der Waals surface area contributed by atoms with Gasteiger partial charge in [-0.05, 0) is 23.8 Å². The maximum absolute atomic E-state index is 13.2. The van der Waals surface area contributed by atoms with E-state index >= 15 is 0 Å². The number of nitrogens with zero attached hydrogens (tertiary/aromatic N) is 1. The lowest BCUT2D eigenvalue weighted by molar-refractivity contribution is -0.144. The maximum atomic E-state index is 13.2. The first-order valence-electron chi connectivity index (χ1n) is 5.99. The van der Waals surface area contributed by atoms with Crippen LogP contribution in [0.2, 0.25) is 0 Å². The van der Waals surface area contributed by atoms with Crippen LogP contribution in [-0.2, 0) is 0 Å². The van der Waals surface area contributed by atoms with Crippen molar-refractivity contribution in [2.75, 3.05) is 5.32 Å². The molecule has 0 aliphatic carbocycles. The summed E-state index contributed by atoms with van der Waals surface area (Å²) in [5, 5.41) is 11.0. The van der Waals surface area contributed by atoms with Gasteiger partial charge in [0.15, 0.2) is 0 Å². The summed E-state index contributed by atoms with van der Waals surface area (Å²) in [5.74, 6) is -0.772. The van der Waals surface area contributed by atoms with Crippen LogP contribution in [0.1, 0.15) is 17.2 Å². The molecule has 2 nitrogen and oxygen atoms in total. The topological polar surface area (TPSA) is 35.8 Å². The van der Waals surface area contributed by atoms with Gasteiger partial charge in [-0.3, -0.25) is 0 Å². The van der Waals surface area contributed by atoms with E-state index in [1.165, 1.54) is 24.3 Å². The molecule has 0 radical (unpaired) electrons. The van der Waals surface area contributed by atoms with Crippen molar-refractivity contribution in [1.82, 2.24) is 0 Å². The van der Waals surface area contributed by atoms with E-state index in [2.05, 4.69) is 5.32 Å². The van der Waals surface area contributed by atoms with E-state index < -0.39 is 18.0 Å². The van der Waals surface area contributed by atoms with Crippen molar-refractivity contribution < 1.29 is 17.6 Å². The van der Waals surface area contributed by atoms with E-state index in [-0.39, 0.29) is 16.8 Å². The molecule has 2 aromatic rings. The van der Waals surface area contributed by atoms with Crippen LogP contribution in [0.4, 0.5) is 23.2 Å². The van der Waals surface area contributed by atoms with Crippen LogP contribution in [0.3, 0.4) is 0 Å². The van der Waals surface area contributed by atoms with E-state index in [0.29, 0.717) is 0 Å². The second-order valence-electron chi connectivity index (χ2n) is 4.34. The highest BCUT2D eigenvalue weighted by Gasteiger charge is 2.40. The fourth-order valence-electron chi connectivity index (χ4n) is 1.87. The molecule has 0 saturated heterocycles. The van der Waals surface area contributed by atoms with E-state index in [4.69, 9.17) is 5.26 Å². The quantitative estimate of drug-likeness (QED) is 0.851. The highest BCUT2D eigenvalue weighted by Crippen LogP contribution is 2.35. The second-order valence-corrected chi connectivity index (χ2v) is 4.34. The number of alkyl halides is 3. The molecule has 0 heterocycles. The predicted molar refractivity (Wildman–Crippen MR) is 70.0 cm³/mol. The number of hydrogen-bond acceptors (Lipinski definition) is 2. The van der Waals surface area contributed by atoms with E-state index in [0.717, 1.165) is 18.2 Å². The zero-order valence-electron chi connectivity index (χ0n) is 10.7. The first-order valence-corrected chi connectivity index (χ1v) is 5.99. The summed E-state index contributed by atoms with van der Waals surface area (Å²) in [4.78, 5) is 0. The Balaban J connectivity index is 2.35. The lowest BCUT2D eigenvalue weighted by Crippen LogP contribution is -2.27. The maximum Gasteiger partial charge on any atom is 0.412 e. The summed E-state index contributed by atoms with van der Waals surface area (Å²) in [5.41, 5.74) is -0.249. The minimum Gasteiger partial charge on any atom is -0.370 e. The number of rotatable bonds is 3. The van der Waals surface area contributed by atoms with Crippen LogP contribution in [-0.4, -0.2) is 6.18 Å². The third-order valence-electron chi connectivity index (χ3n) is 2.86. The first-order chi connectivity index (χ1) is 9.91. The summed E-state index contributed by atoms with van der Waals surface area (Å²) >= 11 is 0. The Labute approximate surface area is 118 Å². The second kappa shape index (κ2) is 5.83. The zero-order chi connectivity index (χ0) is 15.5. The first kappa shape index (κ1) is 14.9. The van der Waals surface area contributed by atoms with Gasteiger partial charge in [0, 0.05) is 5.69 Å². The summed E-state index contributed by atoms with van der Waals surface area (Å²) in [7, 11) is 0. The molecule has 6 heteroatoms. The molecule has 1 unspecified atom stereocenters. The van der Waals surface area contributed by atoms with Crippen LogP contribution >= 0.6 is 0 Å². The average molecular weight is 294 g/mol. The van der Waals surface area contributed by atoms with E-state index in [1.807, 2.05) is 0 Å². The molecule has 0 aromatic heterocycles. The van der Waals surface area contributed by atoms with Crippen molar-refractivity contribution in [2.24, 2.45) is 0 Å². The Morgan fingerprint density at radius 1 is 1.05 bits per heavy atom. The molecule has 0 fully saturated rings. The highest BCUT2D eigenvalue weighted by molar-refractivity contribution is 5.51. The molecule has 0 bridgehead atoms. The van der Waals surface area contributed by atoms with Gasteiger partial charge in [0.1, 0.15) is 17.9 Å². The summed E-state index contributed by atoms with van der Waals surface area (Å²) in [6.07, 6.45) is -4.53. The third-order valence-corrected chi connectivity index (χ3v) is 2.86. The van der Waals surface area contributed by atoms with E-state index in [9.17, 15) is 17.6 Å². The van der Waals surface area contributed by atoms with Gasteiger partial charge < -0.3 is 5.32 Å². The molecule has 2 rings (SSSR count). The number of benzene rings is 2. The van der Waals surface area contributed by atoms with E-state index in [1.54, 1.807) is 12.1 Å². The van der Waals surface area contributed by atoms with Crippen molar-refractivity contribution in [1.29, 1.82) is 5.26 Å². The lowest BCUT2D eigenvalue weighted by Gasteiger charge is -2.23. The molecule has 0 amide bonds. The van der Waals surface area contributed by atoms with Gasteiger partial charge in [-0.25, -0.2) is 4.39 Å². The molecule has 1 N–H and O–H groups in total. The highest BCUT2D eigenvalue weighted by atomic mass is 19.4. The van der Waals surface area contributed by atoms with Gasteiger partial charge in [-0.2, -0.15) is 18.4 Å². The molecular formula is C15H10F4N2. The van der Waals surface area contributed by atoms with Crippen molar-refractivity contribution in [3.8, 4) is 6.07 Å². The molecule has 21 heavy (non-hydrogen) atoms. The Bertz CT molecular complexity index is 660. The Kier molecular flexibility index (Phi) is 4.13. The van der Waals surface area contributed by atoms with Crippen LogP contribution < -0.4 is 5.32 Å². The number of nitriles is 1. The standard InChI is InChI=1S/C15H10F4N2/c16-13-7-6-12(8-11(13)9-20)21-14(15(17,18)19)10-4-2-1-3-5-10/h1-8,14,21H. The van der Waals surface area contributed by atoms with Gasteiger partial charge in [0.05, 0.1) is 5.56 Å². The van der Waals surface area contributed by atoms with Gasteiger partial charge in [-0.15, -0.1) is 0 Å². The summed E-state index contributed by atoms with van der Waals surface area (Å²) in [6.45, 7) is 0. The number of anilines is 1. The molecule has 0 spiro atoms. The van der Waals surface area contributed by atoms with Crippen molar-refractivity contribution >= 4 is 5.69 Å². The zero-order valence-corrected chi connectivity index (χ0v) is 10.7. The predicted octanol–water partition coefficient (Wildman–Crippen LogP) is 4.41. The largest absolute Gasteiger partial charge is 0.412 e. The van der Waals surface area contributed by atoms with Crippen LogP contribution in [0.5, 0.6) is 0 Å². The molecule has 1 atom stereocenters. The molecule has 0 aliphatic rings. The molecular weight excluding hydrogens is 284 g/mol. The van der Waals surface area contributed by atoms with Crippen molar-refractivity contribution in [2.45, 2.75) is 12.2 Å². The summed E-state index contributed by atoms with van der Waals surface area (Å²) in [6, 6.07) is 10.1. The normalized spacial score (nSPS) is 12.5. The minimum absolute atomic E-state index is 0.0270. The summed E-state index contributed by atoms with van der Waals surface area (Å²) < 4.78 is 52.6. The Morgan fingerprint density at radius 2 is 1.71 bits per heavy atom. The van der Waals surface area contributed by atoms with Gasteiger partial charge in [0.2, 0.25) is 0 Å². The number of nitrogens with one attached hydrogen (secondary N) is 1. The number of halogens is 4. The lowest BCUT2D eigenvalue weighted by atomic mass is 10.1. The number of hydrogen-bond donors (Lipinski definition) is 1. The molecule has 108 valence electrons. The Morgan fingerprint density at radius 3 is 2.29 bits per heavy atom. The van der Waals surface area contributed by atoms with Gasteiger partial charge >= 0.3 is 6.18 Å². The monoisotopic (exact) mass is 294 g/mol. The van der Waals surface area contributed by atoms with Crippen molar-refractivity contribution in [3.63, 3.8) is 0 Å². The molecule has 0 aliphatic heterocycles. The molecule has 2 aromatic carbocycles. The van der Waals surface area contributed by atoms with Crippen LogP contribution in [0, 0.1) is 17.1 Å². The van der Waals surface area contributed by atoms with Crippen molar-refractivity contribution in [3.05, 3.63) is 65.5 Å². The average Bonchev–Trinajstić information content (AvgIpc) is 2.46. The third kappa shape index (κ3) is 3.51. The Hall–Kier alpha value is -2.55. The minimum atomic E-state index is -4.53.